The number of nitrogens with zero attached hydrogens (tertiary/aromatic N) is 1. The molecular weight excluding hydrogens is 469 g/mol. The highest BCUT2D eigenvalue weighted by molar-refractivity contribution is 14.0. The van der Waals surface area contributed by atoms with Gasteiger partial charge in [-0.1, -0.05) is 18.0 Å². The summed E-state index contributed by atoms with van der Waals surface area (Å²) in [4.78, 5) is 5.56. The number of hydrogen-bond acceptors (Lipinski definition) is 3. The van der Waals surface area contributed by atoms with Crippen LogP contribution in [-0.4, -0.2) is 45.6 Å². The molecule has 25 heavy (non-hydrogen) atoms. The molecule has 7 heteroatoms. The van der Waals surface area contributed by atoms with Crippen LogP contribution in [-0.2, 0) is 4.74 Å². The van der Waals surface area contributed by atoms with Crippen molar-refractivity contribution in [3.8, 4) is 0 Å². The van der Waals surface area contributed by atoms with Gasteiger partial charge >= 0.3 is 0 Å². The van der Waals surface area contributed by atoms with Gasteiger partial charge in [0.2, 0.25) is 0 Å². The third kappa shape index (κ3) is 7.93. The molecule has 0 amide bonds. The standard InChI is InChI=1S/C18H28ClN3OS.HI/c1-20-17(22-14-18(8-3-9-18)10-12-23-2)21-11-13-24-16-6-4-15(19)5-7-16;/h4-7H,3,8-14H2,1-2H3,(H2,20,21,22);1H. The molecule has 0 bridgehead atoms. The molecule has 0 unspecified atom stereocenters. The highest BCUT2D eigenvalue weighted by Gasteiger charge is 2.36. The lowest BCUT2D eigenvalue weighted by Gasteiger charge is -2.42. The summed E-state index contributed by atoms with van der Waals surface area (Å²) in [7, 11) is 3.60. The quantitative estimate of drug-likeness (QED) is 0.174. The van der Waals surface area contributed by atoms with Crippen molar-refractivity contribution >= 4 is 53.3 Å². The van der Waals surface area contributed by atoms with Crippen molar-refractivity contribution in [3.63, 3.8) is 0 Å². The van der Waals surface area contributed by atoms with E-state index in [9.17, 15) is 0 Å². The SMILES string of the molecule is CN=C(NCCSc1ccc(Cl)cc1)NCC1(CCOC)CCC1.I. The van der Waals surface area contributed by atoms with Gasteiger partial charge in [0.1, 0.15) is 0 Å². The smallest absolute Gasteiger partial charge is 0.191 e. The summed E-state index contributed by atoms with van der Waals surface area (Å²) in [5.74, 6) is 1.87. The second kappa shape index (κ2) is 12.3. The van der Waals surface area contributed by atoms with Crippen molar-refractivity contribution in [1.82, 2.24) is 10.6 Å². The van der Waals surface area contributed by atoms with Crippen LogP contribution in [0.15, 0.2) is 34.2 Å². The first-order chi connectivity index (χ1) is 11.7. The number of nitrogens with one attached hydrogen (secondary N) is 2. The number of ether oxygens (including phenoxy) is 1. The molecule has 1 aromatic rings. The number of thioether (sulfide) groups is 1. The molecule has 0 saturated heterocycles. The number of methoxy groups -OCH3 is 1. The third-order valence-corrected chi connectivity index (χ3v) is 5.85. The fourth-order valence-electron chi connectivity index (χ4n) is 2.87. The van der Waals surface area contributed by atoms with Crippen molar-refractivity contribution in [2.24, 2.45) is 10.4 Å². The van der Waals surface area contributed by atoms with E-state index < -0.39 is 0 Å². The fourth-order valence-corrected chi connectivity index (χ4v) is 3.77. The van der Waals surface area contributed by atoms with E-state index in [0.29, 0.717) is 5.41 Å². The van der Waals surface area contributed by atoms with E-state index in [-0.39, 0.29) is 24.0 Å². The Hall–Kier alpha value is -0.180. The lowest BCUT2D eigenvalue weighted by molar-refractivity contribution is 0.0733. The van der Waals surface area contributed by atoms with E-state index in [2.05, 4.69) is 27.8 Å². The van der Waals surface area contributed by atoms with Crippen LogP contribution < -0.4 is 10.6 Å². The zero-order chi connectivity index (χ0) is 17.3. The van der Waals surface area contributed by atoms with Crippen molar-refractivity contribution < 1.29 is 4.74 Å². The predicted molar refractivity (Wildman–Crippen MR) is 120 cm³/mol. The summed E-state index contributed by atoms with van der Waals surface area (Å²) >= 11 is 7.71. The number of rotatable bonds is 9. The Labute approximate surface area is 177 Å². The van der Waals surface area contributed by atoms with Gasteiger partial charge in [-0.25, -0.2) is 0 Å². The summed E-state index contributed by atoms with van der Waals surface area (Å²) in [6.45, 7) is 2.68. The molecule has 1 fully saturated rings. The Balaban J connectivity index is 0.00000312. The summed E-state index contributed by atoms with van der Waals surface area (Å²) in [6, 6.07) is 7.96. The van der Waals surface area contributed by atoms with E-state index in [0.717, 1.165) is 42.9 Å². The number of hydrogen-bond donors (Lipinski definition) is 2. The van der Waals surface area contributed by atoms with Gasteiger partial charge in [-0.2, -0.15) is 0 Å². The Morgan fingerprint density at radius 3 is 2.56 bits per heavy atom. The minimum absolute atomic E-state index is 0. The maximum atomic E-state index is 5.90. The normalized spacial score (nSPS) is 15.9. The van der Waals surface area contributed by atoms with Crippen LogP contribution in [0.5, 0.6) is 0 Å². The zero-order valence-corrected chi connectivity index (χ0v) is 18.9. The van der Waals surface area contributed by atoms with E-state index in [1.807, 2.05) is 30.9 Å². The fraction of sp³-hybridized carbons (Fsp3) is 0.611. The highest BCUT2D eigenvalue weighted by Crippen LogP contribution is 2.43. The molecule has 2 N–H and O–H groups in total. The van der Waals surface area contributed by atoms with E-state index in [4.69, 9.17) is 16.3 Å². The summed E-state index contributed by atoms with van der Waals surface area (Å²) in [5, 5.41) is 7.65. The molecule has 0 aliphatic heterocycles. The first kappa shape index (κ1) is 22.9. The van der Waals surface area contributed by atoms with Crippen LogP contribution in [0.4, 0.5) is 0 Å². The number of guanidine groups is 1. The van der Waals surface area contributed by atoms with E-state index in [1.165, 1.54) is 24.2 Å². The lowest BCUT2D eigenvalue weighted by Crippen LogP contribution is -2.47. The van der Waals surface area contributed by atoms with Crippen LogP contribution in [0.3, 0.4) is 0 Å². The van der Waals surface area contributed by atoms with Crippen LogP contribution in [0.25, 0.3) is 0 Å². The van der Waals surface area contributed by atoms with Crippen LogP contribution >= 0.6 is 47.3 Å². The molecule has 1 aromatic carbocycles. The van der Waals surface area contributed by atoms with E-state index >= 15 is 0 Å². The second-order valence-electron chi connectivity index (χ2n) is 6.25. The third-order valence-electron chi connectivity index (χ3n) is 4.58. The van der Waals surface area contributed by atoms with Crippen molar-refractivity contribution in [2.75, 3.05) is 39.6 Å². The molecule has 1 saturated carbocycles. The summed E-state index contributed by atoms with van der Waals surface area (Å²) in [5.41, 5.74) is 0.395. The Morgan fingerprint density at radius 2 is 2.00 bits per heavy atom. The largest absolute Gasteiger partial charge is 0.385 e. The number of halogens is 2. The minimum atomic E-state index is 0. The zero-order valence-electron chi connectivity index (χ0n) is 15.0. The summed E-state index contributed by atoms with van der Waals surface area (Å²) in [6.07, 6.45) is 5.02. The maximum absolute atomic E-state index is 5.90. The van der Waals surface area contributed by atoms with Crippen molar-refractivity contribution in [3.05, 3.63) is 29.3 Å². The summed E-state index contributed by atoms with van der Waals surface area (Å²) < 4.78 is 5.25. The Kier molecular flexibility index (Phi) is 11.2. The van der Waals surface area contributed by atoms with Gasteiger partial charge in [-0.3, -0.25) is 4.99 Å². The topological polar surface area (TPSA) is 45.7 Å². The highest BCUT2D eigenvalue weighted by atomic mass is 127. The maximum Gasteiger partial charge on any atom is 0.191 e. The molecule has 4 nitrogen and oxygen atoms in total. The number of aliphatic imine (C=N–C) groups is 1. The van der Waals surface area contributed by atoms with Crippen molar-refractivity contribution in [1.29, 1.82) is 0 Å². The van der Waals surface area contributed by atoms with Gasteiger partial charge < -0.3 is 15.4 Å². The Morgan fingerprint density at radius 1 is 1.28 bits per heavy atom. The van der Waals surface area contributed by atoms with Gasteiger partial charge in [0.25, 0.3) is 0 Å². The molecule has 2 rings (SSSR count). The van der Waals surface area contributed by atoms with Crippen LogP contribution in [0.2, 0.25) is 5.02 Å². The second-order valence-corrected chi connectivity index (χ2v) is 7.86. The first-order valence-electron chi connectivity index (χ1n) is 8.49. The lowest BCUT2D eigenvalue weighted by atomic mass is 9.67. The molecule has 0 aromatic heterocycles. The van der Waals surface area contributed by atoms with Gasteiger partial charge in [0.15, 0.2) is 5.96 Å². The molecule has 142 valence electrons. The predicted octanol–water partition coefficient (Wildman–Crippen LogP) is 4.42. The van der Waals surface area contributed by atoms with Gasteiger partial charge in [-0.05, 0) is 48.9 Å². The molecular formula is C18H29ClIN3OS. The minimum Gasteiger partial charge on any atom is -0.385 e. The van der Waals surface area contributed by atoms with Gasteiger partial charge in [-0.15, -0.1) is 35.7 Å². The Bertz CT molecular complexity index is 524. The van der Waals surface area contributed by atoms with Crippen molar-refractivity contribution in [2.45, 2.75) is 30.6 Å². The molecule has 0 radical (unpaired) electrons. The average Bonchev–Trinajstić information content (AvgIpc) is 2.57. The van der Waals surface area contributed by atoms with Gasteiger partial charge in [0, 0.05) is 49.5 Å². The monoisotopic (exact) mass is 497 g/mol. The van der Waals surface area contributed by atoms with Gasteiger partial charge in [0.05, 0.1) is 0 Å². The molecule has 1 aliphatic rings. The average molecular weight is 498 g/mol. The molecule has 0 atom stereocenters. The molecule has 0 heterocycles. The number of benzene rings is 1. The van der Waals surface area contributed by atoms with Crippen LogP contribution in [0, 0.1) is 5.41 Å². The van der Waals surface area contributed by atoms with Crippen LogP contribution in [0.1, 0.15) is 25.7 Å². The molecule has 1 aliphatic carbocycles. The first-order valence-corrected chi connectivity index (χ1v) is 9.86. The molecule has 0 spiro atoms. The van der Waals surface area contributed by atoms with E-state index in [1.54, 1.807) is 7.11 Å².